The molecule has 17 nitrogen and oxygen atoms in total. The molecule has 0 amide bonds. The molecule has 0 saturated carbocycles. The highest BCUT2D eigenvalue weighted by atomic mass is 31.2. The largest absolute Gasteiger partial charge is 0.472 e. The molecule has 0 aliphatic rings. The van der Waals surface area contributed by atoms with Gasteiger partial charge in [-0.2, -0.15) is 0 Å². The Morgan fingerprint density at radius 1 is 0.293 bits per heavy atom. The molecule has 0 rings (SSSR count). The predicted octanol–water partition coefficient (Wildman–Crippen LogP) is 21.2. The van der Waals surface area contributed by atoms with Crippen LogP contribution in [0.5, 0.6) is 0 Å². The fourth-order valence-corrected chi connectivity index (χ4v) is 12.7. The molecule has 3 N–H and O–H groups in total. The van der Waals surface area contributed by atoms with Gasteiger partial charge in [0.1, 0.15) is 19.3 Å². The highest BCUT2D eigenvalue weighted by molar-refractivity contribution is 7.47. The second-order valence-corrected chi connectivity index (χ2v) is 30.2. The smallest absolute Gasteiger partial charge is 0.462 e. The third-order valence-electron chi connectivity index (χ3n) is 17.0. The number of phosphoric ester groups is 2. The van der Waals surface area contributed by atoms with E-state index in [1.165, 1.54) is 193 Å². The summed E-state index contributed by atoms with van der Waals surface area (Å²) in [5.41, 5.74) is 0. The second-order valence-electron chi connectivity index (χ2n) is 27.3. The van der Waals surface area contributed by atoms with Crippen molar-refractivity contribution in [3.63, 3.8) is 0 Å². The first-order valence-corrected chi connectivity index (χ1v) is 41.0. The van der Waals surface area contributed by atoms with Gasteiger partial charge in [0.05, 0.1) is 26.4 Å². The first-order chi connectivity index (χ1) is 44.4. The van der Waals surface area contributed by atoms with Crippen molar-refractivity contribution < 1.29 is 80.2 Å². The van der Waals surface area contributed by atoms with E-state index in [0.29, 0.717) is 25.7 Å². The monoisotopic (exact) mass is 1350 g/mol. The summed E-state index contributed by atoms with van der Waals surface area (Å²) in [7, 11) is -9.90. The van der Waals surface area contributed by atoms with Gasteiger partial charge in [-0.05, 0) is 37.5 Å². The Labute approximate surface area is 562 Å². The third-order valence-corrected chi connectivity index (χ3v) is 18.9. The van der Waals surface area contributed by atoms with E-state index in [-0.39, 0.29) is 25.7 Å². The van der Waals surface area contributed by atoms with Crippen LogP contribution >= 0.6 is 15.6 Å². The minimum absolute atomic E-state index is 0.106. The van der Waals surface area contributed by atoms with Crippen LogP contribution in [0.2, 0.25) is 0 Å². The van der Waals surface area contributed by atoms with Crippen molar-refractivity contribution >= 4 is 39.5 Å². The van der Waals surface area contributed by atoms with Crippen LogP contribution in [0.15, 0.2) is 0 Å². The van der Waals surface area contributed by atoms with Gasteiger partial charge in [-0.1, -0.05) is 324 Å². The van der Waals surface area contributed by atoms with Gasteiger partial charge >= 0.3 is 39.5 Å². The summed E-state index contributed by atoms with van der Waals surface area (Å²) >= 11 is 0. The molecule has 0 aromatic heterocycles. The molecule has 0 bridgehead atoms. The Balaban J connectivity index is 5.25. The van der Waals surface area contributed by atoms with Crippen molar-refractivity contribution in [1.82, 2.24) is 0 Å². The minimum atomic E-state index is -4.95. The number of unbranched alkanes of at least 4 members (excludes halogenated alkanes) is 42. The van der Waals surface area contributed by atoms with Gasteiger partial charge in [0.15, 0.2) is 12.2 Å². The maximum absolute atomic E-state index is 13.1. The quantitative estimate of drug-likeness (QED) is 0.0222. The molecule has 5 atom stereocenters. The van der Waals surface area contributed by atoms with Crippen LogP contribution in [-0.2, 0) is 65.4 Å². The molecule has 0 spiro atoms. The van der Waals surface area contributed by atoms with E-state index in [4.69, 9.17) is 37.0 Å². The molecule has 0 aliphatic heterocycles. The standard InChI is InChI=1S/C73H142O17P2/c1-7-9-11-13-15-17-19-20-21-22-23-24-33-39-45-51-57-72(77)89-69(62-84-71(76)56-50-44-38-32-27-25-29-35-41-47-53-65(3)4)64-88-92(81,82)86-60-67(74)59-85-91(79,80)87-63-68(61-83-70(75)55-49-43-37-31-18-16-14-12-10-8-2)90-73(78)58-52-46-40-34-28-26-30-36-42-48-54-66(5)6/h65-69,74H,7-64H2,1-6H3,(H,79,80)(H,81,82)/t67-,68+,69+/m0/s1. The number of rotatable bonds is 72. The zero-order chi connectivity index (χ0) is 67.9. The first kappa shape index (κ1) is 90.1. The van der Waals surface area contributed by atoms with Gasteiger partial charge in [-0.15, -0.1) is 0 Å². The molecular formula is C73H142O17P2. The first-order valence-electron chi connectivity index (χ1n) is 38.0. The lowest BCUT2D eigenvalue weighted by Crippen LogP contribution is -2.30. The molecule has 19 heteroatoms. The molecule has 92 heavy (non-hydrogen) atoms. The maximum atomic E-state index is 13.1. The lowest BCUT2D eigenvalue weighted by molar-refractivity contribution is -0.161. The summed E-state index contributed by atoms with van der Waals surface area (Å²) in [6.07, 6.45) is 51.2. The average Bonchev–Trinajstić information content (AvgIpc) is 3.24. The number of ether oxygens (including phenoxy) is 4. The highest BCUT2D eigenvalue weighted by Crippen LogP contribution is 2.45. The van der Waals surface area contributed by atoms with E-state index in [2.05, 4.69) is 41.5 Å². The summed E-state index contributed by atoms with van der Waals surface area (Å²) in [5.74, 6) is -0.608. The van der Waals surface area contributed by atoms with Crippen LogP contribution in [0.25, 0.3) is 0 Å². The molecule has 0 radical (unpaired) electrons. The molecule has 2 unspecified atom stereocenters. The Bertz CT molecular complexity index is 1790. The van der Waals surface area contributed by atoms with Gasteiger partial charge in [0, 0.05) is 25.7 Å². The van der Waals surface area contributed by atoms with Crippen LogP contribution in [0.1, 0.15) is 375 Å². The Kier molecular flexibility index (Phi) is 63.7. The van der Waals surface area contributed by atoms with Crippen LogP contribution in [0.3, 0.4) is 0 Å². The van der Waals surface area contributed by atoms with E-state index in [1.54, 1.807) is 0 Å². The van der Waals surface area contributed by atoms with Crippen LogP contribution in [0.4, 0.5) is 0 Å². The fraction of sp³-hybridized carbons (Fsp3) is 0.945. The topological polar surface area (TPSA) is 237 Å². The Morgan fingerprint density at radius 2 is 0.500 bits per heavy atom. The van der Waals surface area contributed by atoms with Gasteiger partial charge in [-0.25, -0.2) is 9.13 Å². The summed E-state index contributed by atoms with van der Waals surface area (Å²) in [6.45, 7) is 9.55. The van der Waals surface area contributed by atoms with Crippen molar-refractivity contribution in [2.24, 2.45) is 11.8 Å². The Morgan fingerprint density at radius 3 is 0.739 bits per heavy atom. The van der Waals surface area contributed by atoms with E-state index >= 15 is 0 Å². The van der Waals surface area contributed by atoms with Gasteiger partial charge in [0.25, 0.3) is 0 Å². The van der Waals surface area contributed by atoms with Crippen molar-refractivity contribution in [1.29, 1.82) is 0 Å². The van der Waals surface area contributed by atoms with E-state index in [9.17, 15) is 43.2 Å². The normalized spacial score (nSPS) is 14.1. The van der Waals surface area contributed by atoms with Gasteiger partial charge in [-0.3, -0.25) is 37.3 Å². The molecule has 0 aromatic rings. The van der Waals surface area contributed by atoms with E-state index in [1.807, 2.05) is 0 Å². The lowest BCUT2D eigenvalue weighted by atomic mass is 10.0. The van der Waals surface area contributed by atoms with Crippen molar-refractivity contribution in [3.8, 4) is 0 Å². The van der Waals surface area contributed by atoms with Crippen molar-refractivity contribution in [3.05, 3.63) is 0 Å². The highest BCUT2D eigenvalue weighted by Gasteiger charge is 2.30. The van der Waals surface area contributed by atoms with Crippen LogP contribution < -0.4 is 0 Å². The zero-order valence-electron chi connectivity index (χ0n) is 59.9. The number of esters is 4. The van der Waals surface area contributed by atoms with Crippen LogP contribution in [0, 0.1) is 11.8 Å². The van der Waals surface area contributed by atoms with E-state index in [0.717, 1.165) is 102 Å². The number of aliphatic hydroxyl groups is 1. The number of aliphatic hydroxyl groups excluding tert-OH is 1. The number of carbonyl (C=O) groups excluding carboxylic acids is 4. The number of phosphoric acid groups is 2. The van der Waals surface area contributed by atoms with Gasteiger partial charge in [0.2, 0.25) is 0 Å². The summed E-state index contributed by atoms with van der Waals surface area (Å²) in [4.78, 5) is 72.7. The summed E-state index contributed by atoms with van der Waals surface area (Å²) in [5, 5.41) is 10.6. The zero-order valence-corrected chi connectivity index (χ0v) is 61.6. The second kappa shape index (κ2) is 65.0. The SMILES string of the molecule is CCCCCCCCCCCCCCCCCCC(=O)O[C@H](COC(=O)CCCCCCCCCCCCC(C)C)COP(=O)(O)OC[C@@H](O)COP(=O)(O)OC[C@@H](COC(=O)CCCCCCCCCCCC)OC(=O)CCCCCCCCCCCCC(C)C. The number of carbonyl (C=O) groups is 4. The van der Waals surface area contributed by atoms with Gasteiger partial charge < -0.3 is 33.8 Å². The molecule has 546 valence electrons. The van der Waals surface area contributed by atoms with Crippen LogP contribution in [-0.4, -0.2) is 96.7 Å². The van der Waals surface area contributed by atoms with Crippen molar-refractivity contribution in [2.75, 3.05) is 39.6 Å². The fourth-order valence-electron chi connectivity index (χ4n) is 11.1. The predicted molar refractivity (Wildman–Crippen MR) is 372 cm³/mol. The lowest BCUT2D eigenvalue weighted by Gasteiger charge is -2.21. The number of hydrogen-bond donors (Lipinski definition) is 3. The maximum Gasteiger partial charge on any atom is 0.472 e. The minimum Gasteiger partial charge on any atom is -0.462 e. The third kappa shape index (κ3) is 66.7. The molecule has 0 heterocycles. The van der Waals surface area contributed by atoms with E-state index < -0.39 is 97.5 Å². The molecule has 0 aromatic carbocycles. The summed E-state index contributed by atoms with van der Waals surface area (Å²) in [6, 6.07) is 0. The molecule has 0 fully saturated rings. The Hall–Kier alpha value is -1.94. The molecule has 0 saturated heterocycles. The number of hydrogen-bond acceptors (Lipinski definition) is 15. The molecule has 0 aliphatic carbocycles. The molecular weight excluding hydrogens is 1210 g/mol. The average molecular weight is 1350 g/mol. The summed E-state index contributed by atoms with van der Waals surface area (Å²) < 4.78 is 68.4. The van der Waals surface area contributed by atoms with Crippen molar-refractivity contribution in [2.45, 2.75) is 394 Å².